The predicted octanol–water partition coefficient (Wildman–Crippen LogP) is 2.75. The van der Waals surface area contributed by atoms with Gasteiger partial charge in [0.25, 0.3) is 0 Å². The molecule has 0 aliphatic rings. The van der Waals surface area contributed by atoms with Gasteiger partial charge in [0.2, 0.25) is 0 Å². The van der Waals surface area contributed by atoms with E-state index in [4.69, 9.17) is 5.73 Å². The van der Waals surface area contributed by atoms with Crippen LogP contribution in [-0.2, 0) is 6.54 Å². The molecule has 17 heavy (non-hydrogen) atoms. The summed E-state index contributed by atoms with van der Waals surface area (Å²) < 4.78 is 2.05. The van der Waals surface area contributed by atoms with Crippen LogP contribution in [0.1, 0.15) is 28.1 Å². The van der Waals surface area contributed by atoms with Gasteiger partial charge in [-0.2, -0.15) is 5.10 Å². The number of nitrogen functional groups attached to an aromatic ring is 1. The Hall–Kier alpha value is -1.77. The highest BCUT2D eigenvalue weighted by Gasteiger charge is 2.09. The lowest BCUT2D eigenvalue weighted by molar-refractivity contribution is 0.656. The third-order valence-corrected chi connectivity index (χ3v) is 3.55. The molecule has 1 heterocycles. The molecule has 0 unspecified atom stereocenters. The molecule has 1 aromatic heterocycles. The summed E-state index contributed by atoms with van der Waals surface area (Å²) in [4.78, 5) is 0. The zero-order valence-corrected chi connectivity index (χ0v) is 10.9. The first-order valence-electron chi connectivity index (χ1n) is 5.85. The van der Waals surface area contributed by atoms with Crippen molar-refractivity contribution in [1.29, 1.82) is 0 Å². The Bertz CT molecular complexity index is 553. The fourth-order valence-electron chi connectivity index (χ4n) is 1.98. The molecule has 2 N–H and O–H groups in total. The minimum absolute atomic E-state index is 0.789. The maximum atomic E-state index is 5.92. The summed E-state index contributed by atoms with van der Waals surface area (Å²) in [5, 5.41) is 4.55. The smallest absolute Gasteiger partial charge is 0.0665 e. The Morgan fingerprint density at radius 1 is 1.12 bits per heavy atom. The van der Waals surface area contributed by atoms with E-state index in [1.54, 1.807) is 0 Å². The number of nitrogens with two attached hydrogens (primary N) is 1. The van der Waals surface area contributed by atoms with E-state index in [1.165, 1.54) is 16.8 Å². The van der Waals surface area contributed by atoms with E-state index < -0.39 is 0 Å². The van der Waals surface area contributed by atoms with Crippen LogP contribution >= 0.6 is 0 Å². The lowest BCUT2D eigenvalue weighted by Gasteiger charge is -2.10. The van der Waals surface area contributed by atoms with Crippen LogP contribution in [0.15, 0.2) is 18.2 Å². The van der Waals surface area contributed by atoms with Crippen molar-refractivity contribution in [1.82, 2.24) is 9.78 Å². The highest BCUT2D eigenvalue weighted by atomic mass is 15.3. The summed E-state index contributed by atoms with van der Waals surface area (Å²) >= 11 is 0. The molecular weight excluding hydrogens is 210 g/mol. The van der Waals surface area contributed by atoms with Crippen molar-refractivity contribution in [2.45, 2.75) is 34.2 Å². The number of aromatic nitrogens is 2. The van der Waals surface area contributed by atoms with Gasteiger partial charge in [0.1, 0.15) is 0 Å². The largest absolute Gasteiger partial charge is 0.399 e. The van der Waals surface area contributed by atoms with Gasteiger partial charge in [-0.15, -0.1) is 0 Å². The lowest BCUT2D eigenvalue weighted by Crippen LogP contribution is -2.06. The topological polar surface area (TPSA) is 43.8 Å². The number of anilines is 1. The number of nitrogens with zero attached hydrogens (tertiary/aromatic N) is 2. The Kier molecular flexibility index (Phi) is 2.92. The van der Waals surface area contributed by atoms with Crippen molar-refractivity contribution >= 4 is 5.69 Å². The molecule has 0 radical (unpaired) electrons. The first-order valence-corrected chi connectivity index (χ1v) is 5.85. The third-order valence-electron chi connectivity index (χ3n) is 3.55. The highest BCUT2D eigenvalue weighted by molar-refractivity contribution is 5.50. The Balaban J connectivity index is 2.38. The van der Waals surface area contributed by atoms with E-state index in [0.717, 1.165) is 23.5 Å². The van der Waals surface area contributed by atoms with Crippen molar-refractivity contribution in [3.8, 4) is 0 Å². The first kappa shape index (κ1) is 11.7. The second kappa shape index (κ2) is 4.24. The van der Waals surface area contributed by atoms with Crippen LogP contribution in [0.2, 0.25) is 0 Å². The quantitative estimate of drug-likeness (QED) is 0.805. The van der Waals surface area contributed by atoms with E-state index in [2.05, 4.69) is 31.9 Å². The normalized spacial score (nSPS) is 10.8. The summed E-state index contributed by atoms with van der Waals surface area (Å²) in [6, 6.07) is 6.04. The number of benzene rings is 1. The Morgan fingerprint density at radius 3 is 2.41 bits per heavy atom. The molecule has 0 atom stereocenters. The maximum Gasteiger partial charge on any atom is 0.0665 e. The molecule has 2 rings (SSSR count). The average molecular weight is 229 g/mol. The molecule has 0 spiro atoms. The van der Waals surface area contributed by atoms with Crippen LogP contribution < -0.4 is 5.73 Å². The molecule has 0 saturated carbocycles. The molecule has 3 heteroatoms. The van der Waals surface area contributed by atoms with Crippen molar-refractivity contribution in [2.75, 3.05) is 5.73 Å². The van der Waals surface area contributed by atoms with Crippen LogP contribution in [0.5, 0.6) is 0 Å². The van der Waals surface area contributed by atoms with E-state index in [-0.39, 0.29) is 0 Å². The monoisotopic (exact) mass is 229 g/mol. The van der Waals surface area contributed by atoms with E-state index >= 15 is 0 Å². The molecule has 0 saturated heterocycles. The standard InChI is InChI=1S/C14H19N3/c1-9-11(3)16-17(12(9)4)8-13-6-5-7-14(15)10(13)2/h5-7H,8,15H2,1-4H3. The van der Waals surface area contributed by atoms with Gasteiger partial charge < -0.3 is 5.73 Å². The zero-order chi connectivity index (χ0) is 12.6. The second-order valence-corrected chi connectivity index (χ2v) is 4.58. The van der Waals surface area contributed by atoms with Crippen molar-refractivity contribution in [3.63, 3.8) is 0 Å². The molecule has 0 amide bonds. The van der Waals surface area contributed by atoms with Crippen LogP contribution in [0.4, 0.5) is 5.69 Å². The fourth-order valence-corrected chi connectivity index (χ4v) is 1.98. The molecule has 0 bridgehead atoms. The molecule has 1 aromatic carbocycles. The summed E-state index contributed by atoms with van der Waals surface area (Å²) in [6.07, 6.45) is 0. The van der Waals surface area contributed by atoms with Gasteiger partial charge in [-0.1, -0.05) is 12.1 Å². The van der Waals surface area contributed by atoms with E-state index in [1.807, 2.05) is 23.7 Å². The van der Waals surface area contributed by atoms with Crippen molar-refractivity contribution in [2.24, 2.45) is 0 Å². The average Bonchev–Trinajstić information content (AvgIpc) is 2.53. The van der Waals surface area contributed by atoms with Gasteiger partial charge in [-0.05, 0) is 50.5 Å². The maximum absolute atomic E-state index is 5.92. The molecule has 2 aromatic rings. The molecule has 0 aliphatic carbocycles. The number of aryl methyl sites for hydroxylation is 1. The van der Waals surface area contributed by atoms with Gasteiger partial charge in [0, 0.05) is 11.4 Å². The Labute approximate surface area is 102 Å². The van der Waals surface area contributed by atoms with Crippen LogP contribution in [0.3, 0.4) is 0 Å². The third kappa shape index (κ3) is 2.05. The number of hydrogen-bond donors (Lipinski definition) is 1. The van der Waals surface area contributed by atoms with Gasteiger partial charge in [-0.25, -0.2) is 0 Å². The summed E-state index contributed by atoms with van der Waals surface area (Å²) in [6.45, 7) is 9.11. The zero-order valence-electron chi connectivity index (χ0n) is 10.9. The van der Waals surface area contributed by atoms with E-state index in [0.29, 0.717) is 0 Å². The summed E-state index contributed by atoms with van der Waals surface area (Å²) in [7, 11) is 0. The molecular formula is C14H19N3. The molecule has 0 aliphatic heterocycles. The fraction of sp³-hybridized carbons (Fsp3) is 0.357. The molecule has 3 nitrogen and oxygen atoms in total. The van der Waals surface area contributed by atoms with Gasteiger partial charge >= 0.3 is 0 Å². The van der Waals surface area contributed by atoms with Crippen LogP contribution in [0.25, 0.3) is 0 Å². The molecule has 0 fully saturated rings. The van der Waals surface area contributed by atoms with E-state index in [9.17, 15) is 0 Å². The van der Waals surface area contributed by atoms with Crippen molar-refractivity contribution in [3.05, 3.63) is 46.3 Å². The summed E-state index contributed by atoms with van der Waals surface area (Å²) in [5.74, 6) is 0. The van der Waals surface area contributed by atoms with Crippen LogP contribution in [-0.4, -0.2) is 9.78 Å². The van der Waals surface area contributed by atoms with Crippen LogP contribution in [0, 0.1) is 27.7 Å². The van der Waals surface area contributed by atoms with Crippen molar-refractivity contribution < 1.29 is 0 Å². The molecule has 90 valence electrons. The SMILES string of the molecule is Cc1nn(Cc2cccc(N)c2C)c(C)c1C. The first-order chi connectivity index (χ1) is 8.00. The van der Waals surface area contributed by atoms with Gasteiger partial charge in [0.15, 0.2) is 0 Å². The van der Waals surface area contributed by atoms with Gasteiger partial charge in [0.05, 0.1) is 12.2 Å². The predicted molar refractivity (Wildman–Crippen MR) is 71.1 cm³/mol. The summed E-state index contributed by atoms with van der Waals surface area (Å²) in [5.41, 5.74) is 12.7. The number of hydrogen-bond acceptors (Lipinski definition) is 2. The van der Waals surface area contributed by atoms with Gasteiger partial charge in [-0.3, -0.25) is 4.68 Å². The lowest BCUT2D eigenvalue weighted by atomic mass is 10.1. The Morgan fingerprint density at radius 2 is 1.82 bits per heavy atom. The number of rotatable bonds is 2. The second-order valence-electron chi connectivity index (χ2n) is 4.58. The minimum Gasteiger partial charge on any atom is -0.399 e. The minimum atomic E-state index is 0.789. The highest BCUT2D eigenvalue weighted by Crippen LogP contribution is 2.18.